The minimum atomic E-state index is -0.575. The lowest BCUT2D eigenvalue weighted by Gasteiger charge is -2.25. The van der Waals surface area contributed by atoms with Crippen LogP contribution in [0.2, 0.25) is 0 Å². The fraction of sp³-hybridized carbons (Fsp3) is 0.318. The molecule has 3 rings (SSSR count). The molecule has 0 fully saturated rings. The smallest absolute Gasteiger partial charge is 0.338 e. The van der Waals surface area contributed by atoms with Crippen molar-refractivity contribution in [3.8, 4) is 0 Å². The van der Waals surface area contributed by atoms with Crippen LogP contribution in [0.5, 0.6) is 0 Å². The van der Waals surface area contributed by atoms with E-state index in [4.69, 9.17) is 4.74 Å². The predicted molar refractivity (Wildman–Crippen MR) is 117 cm³/mol. The summed E-state index contributed by atoms with van der Waals surface area (Å²) in [6, 6.07) is 10.9. The van der Waals surface area contributed by atoms with Gasteiger partial charge in [0.15, 0.2) is 5.13 Å². The van der Waals surface area contributed by atoms with Gasteiger partial charge >= 0.3 is 5.97 Å². The molecule has 0 spiro atoms. The van der Waals surface area contributed by atoms with Crippen LogP contribution >= 0.6 is 11.3 Å². The highest BCUT2D eigenvalue weighted by Gasteiger charge is 2.26. The largest absolute Gasteiger partial charge is 0.465 e. The van der Waals surface area contributed by atoms with Crippen molar-refractivity contribution in [2.45, 2.75) is 13.8 Å². The van der Waals surface area contributed by atoms with Gasteiger partial charge in [0.2, 0.25) is 0 Å². The molecule has 0 saturated heterocycles. The Kier molecular flexibility index (Phi) is 7.12. The number of benzene rings is 2. The van der Waals surface area contributed by atoms with E-state index in [0.717, 1.165) is 13.1 Å². The van der Waals surface area contributed by atoms with E-state index in [1.54, 1.807) is 35.2 Å². The fourth-order valence-corrected chi connectivity index (χ4v) is 4.18. The first kappa shape index (κ1) is 21.9. The highest BCUT2D eigenvalue weighted by molar-refractivity contribution is 7.22. The lowest BCUT2D eigenvalue weighted by Crippen LogP contribution is -2.39. The van der Waals surface area contributed by atoms with E-state index in [0.29, 0.717) is 28.4 Å². The maximum absolute atomic E-state index is 13.6. The van der Waals surface area contributed by atoms with E-state index in [-0.39, 0.29) is 22.9 Å². The van der Waals surface area contributed by atoms with Crippen LogP contribution in [0.4, 0.5) is 9.52 Å². The highest BCUT2D eigenvalue weighted by Crippen LogP contribution is 2.30. The van der Waals surface area contributed by atoms with Gasteiger partial charge in [0.05, 0.1) is 28.5 Å². The second-order valence-corrected chi connectivity index (χ2v) is 7.64. The number of anilines is 1. The van der Waals surface area contributed by atoms with Crippen LogP contribution in [-0.4, -0.2) is 55.0 Å². The van der Waals surface area contributed by atoms with Crippen molar-refractivity contribution in [3.05, 3.63) is 59.4 Å². The van der Waals surface area contributed by atoms with Crippen LogP contribution in [-0.2, 0) is 4.74 Å². The molecule has 3 aromatic rings. The van der Waals surface area contributed by atoms with E-state index >= 15 is 0 Å². The number of likely N-dealkylation sites (N-methyl/N-ethyl adjacent to an activating group) is 1. The molecule has 0 aliphatic rings. The fourth-order valence-electron chi connectivity index (χ4n) is 3.17. The van der Waals surface area contributed by atoms with Crippen LogP contribution in [0.3, 0.4) is 0 Å². The van der Waals surface area contributed by atoms with Gasteiger partial charge in [0, 0.05) is 13.1 Å². The molecule has 1 heterocycles. The molecule has 0 radical (unpaired) electrons. The number of amides is 1. The molecule has 1 aromatic heterocycles. The van der Waals surface area contributed by atoms with E-state index in [1.165, 1.54) is 30.6 Å². The van der Waals surface area contributed by atoms with Crippen LogP contribution < -0.4 is 4.90 Å². The zero-order chi connectivity index (χ0) is 21.7. The lowest BCUT2D eigenvalue weighted by atomic mass is 10.1. The topological polar surface area (TPSA) is 62.7 Å². The van der Waals surface area contributed by atoms with Crippen LogP contribution in [0.25, 0.3) is 10.2 Å². The second-order valence-electron chi connectivity index (χ2n) is 6.63. The maximum atomic E-state index is 13.6. The molecule has 1 amide bonds. The van der Waals surface area contributed by atoms with E-state index in [2.05, 4.69) is 23.7 Å². The van der Waals surface area contributed by atoms with Gasteiger partial charge in [-0.1, -0.05) is 37.3 Å². The molecule has 0 aliphatic heterocycles. The monoisotopic (exact) mass is 429 g/mol. The number of rotatable bonds is 8. The second kappa shape index (κ2) is 9.77. The number of hydrogen-bond acceptors (Lipinski definition) is 6. The standard InChI is InChI=1S/C22H24FN3O3S/c1-4-25(5-2)12-13-26(22-24-18-11-10-15(23)14-19(18)30-22)20(27)16-8-6-7-9-17(16)21(28)29-3/h6-11,14H,4-5,12-13H2,1-3H3. The van der Waals surface area contributed by atoms with Crippen molar-refractivity contribution in [2.24, 2.45) is 0 Å². The molecule has 0 atom stereocenters. The number of nitrogens with zero attached hydrogens (tertiary/aromatic N) is 3. The Hall–Kier alpha value is -2.84. The number of ether oxygens (including phenoxy) is 1. The van der Waals surface area contributed by atoms with Crippen LogP contribution in [0, 0.1) is 5.82 Å². The number of esters is 1. The lowest BCUT2D eigenvalue weighted by molar-refractivity contribution is 0.0597. The summed E-state index contributed by atoms with van der Waals surface area (Å²) >= 11 is 1.25. The summed E-state index contributed by atoms with van der Waals surface area (Å²) in [6.45, 7) is 6.85. The molecular formula is C22H24FN3O3S. The Morgan fingerprint density at radius 3 is 2.43 bits per heavy atom. The molecule has 0 saturated carbocycles. The first-order chi connectivity index (χ1) is 14.5. The summed E-state index contributed by atoms with van der Waals surface area (Å²) in [6.07, 6.45) is 0. The molecule has 0 N–H and O–H groups in total. The van der Waals surface area contributed by atoms with E-state index in [1.807, 2.05) is 0 Å². The van der Waals surface area contributed by atoms with Gasteiger partial charge in [-0.15, -0.1) is 0 Å². The van der Waals surface area contributed by atoms with E-state index in [9.17, 15) is 14.0 Å². The third kappa shape index (κ3) is 4.66. The molecule has 0 aliphatic carbocycles. The minimum absolute atomic E-state index is 0.199. The normalized spacial score (nSPS) is 11.1. The van der Waals surface area contributed by atoms with Gasteiger partial charge in [0.1, 0.15) is 5.82 Å². The molecule has 6 nitrogen and oxygen atoms in total. The SMILES string of the molecule is CCN(CC)CCN(C(=O)c1ccccc1C(=O)OC)c1nc2ccc(F)cc2s1. The highest BCUT2D eigenvalue weighted by atomic mass is 32.1. The summed E-state index contributed by atoms with van der Waals surface area (Å²) in [7, 11) is 1.28. The zero-order valence-corrected chi connectivity index (χ0v) is 18.0. The molecule has 0 unspecified atom stereocenters. The Balaban J connectivity index is 2.02. The maximum Gasteiger partial charge on any atom is 0.338 e. The Morgan fingerprint density at radius 2 is 1.77 bits per heavy atom. The summed E-state index contributed by atoms with van der Waals surface area (Å²) in [5.41, 5.74) is 1.07. The van der Waals surface area contributed by atoms with Crippen molar-refractivity contribution >= 4 is 38.6 Å². The quantitative estimate of drug-likeness (QED) is 0.502. The van der Waals surface area contributed by atoms with Crippen molar-refractivity contribution in [2.75, 3.05) is 38.2 Å². The average Bonchev–Trinajstić information content (AvgIpc) is 3.18. The number of carbonyl (C=O) groups is 2. The molecule has 0 bridgehead atoms. The van der Waals surface area contributed by atoms with Crippen molar-refractivity contribution in [1.29, 1.82) is 0 Å². The summed E-state index contributed by atoms with van der Waals surface area (Å²) in [5, 5.41) is 0.465. The molecule has 2 aromatic carbocycles. The molecular weight excluding hydrogens is 405 g/mol. The summed E-state index contributed by atoms with van der Waals surface area (Å²) in [5.74, 6) is -1.27. The van der Waals surface area contributed by atoms with Crippen LogP contribution in [0.15, 0.2) is 42.5 Å². The van der Waals surface area contributed by atoms with E-state index < -0.39 is 5.97 Å². The zero-order valence-electron chi connectivity index (χ0n) is 17.2. The first-order valence-electron chi connectivity index (χ1n) is 9.76. The van der Waals surface area contributed by atoms with Gasteiger partial charge < -0.3 is 9.64 Å². The number of aromatic nitrogens is 1. The van der Waals surface area contributed by atoms with Gasteiger partial charge in [-0.3, -0.25) is 9.69 Å². The third-order valence-corrected chi connectivity index (χ3v) is 5.95. The van der Waals surface area contributed by atoms with Crippen molar-refractivity contribution in [1.82, 2.24) is 9.88 Å². The average molecular weight is 430 g/mol. The summed E-state index contributed by atoms with van der Waals surface area (Å²) in [4.78, 5) is 34.0. The first-order valence-corrected chi connectivity index (χ1v) is 10.6. The number of carbonyl (C=O) groups excluding carboxylic acids is 2. The Bertz CT molecular complexity index is 1050. The van der Waals surface area contributed by atoms with Crippen LogP contribution in [0.1, 0.15) is 34.6 Å². The number of thiazole rings is 1. The van der Waals surface area contributed by atoms with Crippen molar-refractivity contribution < 1.29 is 18.7 Å². The third-order valence-electron chi connectivity index (χ3n) is 4.91. The molecule has 30 heavy (non-hydrogen) atoms. The number of methoxy groups -OCH3 is 1. The van der Waals surface area contributed by atoms with Gasteiger partial charge in [-0.25, -0.2) is 14.2 Å². The number of hydrogen-bond donors (Lipinski definition) is 0. The molecule has 158 valence electrons. The molecule has 8 heteroatoms. The number of fused-ring (bicyclic) bond motifs is 1. The predicted octanol–water partition coefficient (Wildman–Crippen LogP) is 4.21. The Morgan fingerprint density at radius 1 is 1.07 bits per heavy atom. The Labute approximate surface area is 178 Å². The van der Waals surface area contributed by atoms with Crippen molar-refractivity contribution in [3.63, 3.8) is 0 Å². The minimum Gasteiger partial charge on any atom is -0.465 e. The number of halogens is 1. The van der Waals surface area contributed by atoms with Gasteiger partial charge in [-0.05, 0) is 43.4 Å². The summed E-state index contributed by atoms with van der Waals surface area (Å²) < 4.78 is 19.1. The van der Waals surface area contributed by atoms with Gasteiger partial charge in [0.25, 0.3) is 5.91 Å². The van der Waals surface area contributed by atoms with Gasteiger partial charge in [-0.2, -0.15) is 0 Å².